The number of benzene rings is 1. The number of pyridine rings is 1. The molecular weight excluding hydrogens is 254 g/mol. The number of hydrogen-bond donors (Lipinski definition) is 1. The molecule has 0 spiro atoms. The molecule has 6 heteroatoms. The van der Waals surface area contributed by atoms with Gasteiger partial charge in [0, 0.05) is 11.3 Å². The Morgan fingerprint density at radius 1 is 1.10 bits per heavy atom. The summed E-state index contributed by atoms with van der Waals surface area (Å²) in [5.41, 5.74) is 2.45. The quantitative estimate of drug-likeness (QED) is 0.778. The maximum atomic E-state index is 9.14. The number of aliphatic hydroxyl groups is 1. The van der Waals surface area contributed by atoms with E-state index < -0.39 is 0 Å². The fourth-order valence-corrected chi connectivity index (χ4v) is 1.87. The molecule has 0 amide bonds. The average Bonchev–Trinajstić information content (AvgIpc) is 2.98. The fraction of sp³-hybridized carbons (Fsp3) is 0.143. The zero-order valence-electron chi connectivity index (χ0n) is 10.9. The molecule has 0 aliphatic carbocycles. The van der Waals surface area contributed by atoms with E-state index in [0.717, 1.165) is 16.8 Å². The first kappa shape index (κ1) is 12.4. The summed E-state index contributed by atoms with van der Waals surface area (Å²) in [5, 5.41) is 21.5. The van der Waals surface area contributed by atoms with Crippen LogP contribution in [0.25, 0.3) is 17.2 Å². The van der Waals surface area contributed by atoms with Crippen LogP contribution in [-0.2, 0) is 6.61 Å². The summed E-state index contributed by atoms with van der Waals surface area (Å²) in [6, 6.07) is 13.2. The number of hydrogen-bond acceptors (Lipinski definition) is 5. The minimum absolute atomic E-state index is 0.0286. The first-order valence-electron chi connectivity index (χ1n) is 6.21. The van der Waals surface area contributed by atoms with Crippen LogP contribution < -0.4 is 0 Å². The predicted molar refractivity (Wildman–Crippen MR) is 73.0 cm³/mol. The molecule has 0 unspecified atom stereocenters. The summed E-state index contributed by atoms with van der Waals surface area (Å²) in [6.07, 6.45) is 0. The Balaban J connectivity index is 1.96. The van der Waals surface area contributed by atoms with Crippen LogP contribution in [0.2, 0.25) is 0 Å². The summed E-state index contributed by atoms with van der Waals surface area (Å²) >= 11 is 0. The van der Waals surface area contributed by atoms with E-state index in [2.05, 4.69) is 20.4 Å². The Morgan fingerprint density at radius 2 is 1.90 bits per heavy atom. The molecule has 2 aromatic heterocycles. The van der Waals surface area contributed by atoms with E-state index in [9.17, 15) is 0 Å². The molecule has 1 N–H and O–H groups in total. The number of tetrazole rings is 1. The molecule has 2 heterocycles. The number of nitrogens with zero attached hydrogens (tertiary/aromatic N) is 5. The first-order valence-corrected chi connectivity index (χ1v) is 6.21. The highest BCUT2D eigenvalue weighted by Gasteiger charge is 2.09. The summed E-state index contributed by atoms with van der Waals surface area (Å²) in [5.74, 6) is 1.13. The number of aromatic nitrogens is 5. The van der Waals surface area contributed by atoms with Crippen molar-refractivity contribution >= 4 is 0 Å². The van der Waals surface area contributed by atoms with Crippen molar-refractivity contribution in [1.29, 1.82) is 0 Å². The van der Waals surface area contributed by atoms with Gasteiger partial charge in [0.1, 0.15) is 0 Å². The normalized spacial score (nSPS) is 10.7. The third-order valence-electron chi connectivity index (χ3n) is 3.00. The van der Waals surface area contributed by atoms with Gasteiger partial charge in [0.25, 0.3) is 0 Å². The molecule has 3 rings (SSSR count). The van der Waals surface area contributed by atoms with E-state index in [0.29, 0.717) is 11.6 Å². The maximum Gasteiger partial charge on any atom is 0.205 e. The lowest BCUT2D eigenvalue weighted by Crippen LogP contribution is -2.04. The van der Waals surface area contributed by atoms with Gasteiger partial charge < -0.3 is 5.11 Å². The van der Waals surface area contributed by atoms with Gasteiger partial charge >= 0.3 is 0 Å². The average molecular weight is 267 g/mol. The van der Waals surface area contributed by atoms with Gasteiger partial charge in [-0.05, 0) is 23.8 Å². The summed E-state index contributed by atoms with van der Waals surface area (Å²) in [4.78, 5) is 5.74. The highest BCUT2D eigenvalue weighted by atomic mass is 16.3. The topological polar surface area (TPSA) is 76.7 Å². The monoisotopic (exact) mass is 267 g/mol. The van der Waals surface area contributed by atoms with Crippen LogP contribution in [0.4, 0.5) is 0 Å². The minimum atomic E-state index is -0.0286. The van der Waals surface area contributed by atoms with E-state index in [1.165, 1.54) is 4.80 Å². The third-order valence-corrected chi connectivity index (χ3v) is 3.00. The number of rotatable bonds is 3. The summed E-state index contributed by atoms with van der Waals surface area (Å²) in [7, 11) is 0. The molecule has 0 saturated carbocycles. The van der Waals surface area contributed by atoms with Gasteiger partial charge in [-0.2, -0.15) is 0 Å². The second-order valence-corrected chi connectivity index (χ2v) is 4.34. The van der Waals surface area contributed by atoms with Gasteiger partial charge in [0.05, 0.1) is 6.61 Å². The van der Waals surface area contributed by atoms with Crippen LogP contribution in [-0.4, -0.2) is 30.3 Å². The molecule has 20 heavy (non-hydrogen) atoms. The molecule has 6 nitrogen and oxygen atoms in total. The zero-order chi connectivity index (χ0) is 13.9. The standard InChI is InChI=1S/C14H13N5O/c1-10-12(9-20)7-8-13(15-10)19-17-14(16-18-19)11-5-3-2-4-6-11/h2-8,20H,9H2,1H3. The number of aryl methyl sites for hydroxylation is 1. The van der Waals surface area contributed by atoms with Gasteiger partial charge in [-0.15, -0.1) is 15.0 Å². The van der Waals surface area contributed by atoms with Crippen LogP contribution in [0.15, 0.2) is 42.5 Å². The van der Waals surface area contributed by atoms with Crippen molar-refractivity contribution in [3.63, 3.8) is 0 Å². The Bertz CT molecular complexity index is 723. The van der Waals surface area contributed by atoms with Gasteiger partial charge in [-0.3, -0.25) is 0 Å². The molecular formula is C14H13N5O. The van der Waals surface area contributed by atoms with Crippen molar-refractivity contribution in [1.82, 2.24) is 25.2 Å². The molecule has 0 saturated heterocycles. The van der Waals surface area contributed by atoms with E-state index in [4.69, 9.17) is 5.11 Å². The zero-order valence-corrected chi connectivity index (χ0v) is 10.9. The second kappa shape index (κ2) is 5.18. The van der Waals surface area contributed by atoms with E-state index in [1.807, 2.05) is 43.3 Å². The largest absolute Gasteiger partial charge is 0.392 e. The van der Waals surface area contributed by atoms with Crippen molar-refractivity contribution in [2.24, 2.45) is 0 Å². The van der Waals surface area contributed by atoms with Gasteiger partial charge in [0.2, 0.25) is 5.82 Å². The Kier molecular flexibility index (Phi) is 3.22. The molecule has 3 aromatic rings. The molecule has 0 aliphatic rings. The number of aliphatic hydroxyl groups excluding tert-OH is 1. The Morgan fingerprint density at radius 3 is 2.60 bits per heavy atom. The lowest BCUT2D eigenvalue weighted by atomic mass is 10.2. The molecule has 0 aliphatic heterocycles. The smallest absolute Gasteiger partial charge is 0.205 e. The molecule has 100 valence electrons. The molecule has 0 fully saturated rings. The van der Waals surface area contributed by atoms with E-state index >= 15 is 0 Å². The predicted octanol–water partition coefficient (Wildman–Crippen LogP) is 1.53. The van der Waals surface area contributed by atoms with Crippen LogP contribution >= 0.6 is 0 Å². The van der Waals surface area contributed by atoms with Crippen LogP contribution in [0.3, 0.4) is 0 Å². The summed E-state index contributed by atoms with van der Waals surface area (Å²) < 4.78 is 0. The van der Waals surface area contributed by atoms with E-state index in [1.54, 1.807) is 6.07 Å². The van der Waals surface area contributed by atoms with Crippen molar-refractivity contribution in [2.45, 2.75) is 13.5 Å². The van der Waals surface area contributed by atoms with Crippen molar-refractivity contribution in [2.75, 3.05) is 0 Å². The van der Waals surface area contributed by atoms with Gasteiger partial charge in [-0.25, -0.2) is 4.98 Å². The van der Waals surface area contributed by atoms with Crippen molar-refractivity contribution < 1.29 is 5.11 Å². The van der Waals surface area contributed by atoms with Crippen molar-refractivity contribution in [3.8, 4) is 17.2 Å². The fourth-order valence-electron chi connectivity index (χ4n) is 1.87. The third kappa shape index (κ3) is 2.28. The lowest BCUT2D eigenvalue weighted by Gasteiger charge is -2.03. The maximum absolute atomic E-state index is 9.14. The Hall–Kier alpha value is -2.60. The highest BCUT2D eigenvalue weighted by molar-refractivity contribution is 5.53. The van der Waals surface area contributed by atoms with Gasteiger partial charge in [-0.1, -0.05) is 36.4 Å². The summed E-state index contributed by atoms with van der Waals surface area (Å²) in [6.45, 7) is 1.81. The SMILES string of the molecule is Cc1nc(-n2nnc(-c3ccccc3)n2)ccc1CO. The molecule has 0 radical (unpaired) electrons. The first-order chi connectivity index (χ1) is 9.78. The lowest BCUT2D eigenvalue weighted by molar-refractivity contribution is 0.280. The molecule has 0 atom stereocenters. The van der Waals surface area contributed by atoms with Crippen LogP contribution in [0, 0.1) is 6.92 Å². The van der Waals surface area contributed by atoms with Crippen LogP contribution in [0.5, 0.6) is 0 Å². The van der Waals surface area contributed by atoms with Crippen LogP contribution in [0.1, 0.15) is 11.3 Å². The molecule has 1 aromatic carbocycles. The molecule has 0 bridgehead atoms. The minimum Gasteiger partial charge on any atom is -0.392 e. The second-order valence-electron chi connectivity index (χ2n) is 4.34. The van der Waals surface area contributed by atoms with Crippen molar-refractivity contribution in [3.05, 3.63) is 53.7 Å². The van der Waals surface area contributed by atoms with Gasteiger partial charge in [0.15, 0.2) is 5.82 Å². The highest BCUT2D eigenvalue weighted by Crippen LogP contribution is 2.14. The van der Waals surface area contributed by atoms with E-state index in [-0.39, 0.29) is 6.61 Å². The Labute approximate surface area is 115 Å².